The minimum Gasteiger partial charge on any atom is -0.490 e. The van der Waals surface area contributed by atoms with Crippen LogP contribution in [0, 0.1) is 0 Å². The monoisotopic (exact) mass is 440 g/mol. The summed E-state index contributed by atoms with van der Waals surface area (Å²) < 4.78 is 11.0. The molecule has 9 nitrogen and oxygen atoms in total. The molecule has 9 heteroatoms. The third kappa shape index (κ3) is 6.19. The second kappa shape index (κ2) is 10.1. The fourth-order valence-corrected chi connectivity index (χ4v) is 3.18. The summed E-state index contributed by atoms with van der Waals surface area (Å²) in [6.45, 7) is 6.14. The number of carbonyl (C=O) groups excluding carboxylic acids is 3. The van der Waals surface area contributed by atoms with Crippen molar-refractivity contribution in [3.05, 3.63) is 48.2 Å². The van der Waals surface area contributed by atoms with Crippen LogP contribution in [-0.2, 0) is 9.53 Å². The minimum atomic E-state index is -0.622. The van der Waals surface area contributed by atoms with Crippen LogP contribution >= 0.6 is 0 Å². The summed E-state index contributed by atoms with van der Waals surface area (Å²) in [4.78, 5) is 42.4. The molecule has 0 atom stereocenters. The molecule has 1 aromatic carbocycles. The van der Waals surface area contributed by atoms with Gasteiger partial charge in [-0.1, -0.05) is 12.1 Å². The van der Waals surface area contributed by atoms with Gasteiger partial charge < -0.3 is 19.7 Å². The molecule has 0 saturated carbocycles. The van der Waals surface area contributed by atoms with Crippen molar-refractivity contribution in [2.45, 2.75) is 39.2 Å². The lowest BCUT2D eigenvalue weighted by Crippen LogP contribution is -2.37. The van der Waals surface area contributed by atoms with E-state index in [0.717, 1.165) is 0 Å². The van der Waals surface area contributed by atoms with Crippen LogP contribution in [0.2, 0.25) is 0 Å². The summed E-state index contributed by atoms with van der Waals surface area (Å²) in [5.74, 6) is 0.314. The van der Waals surface area contributed by atoms with Gasteiger partial charge in [0.15, 0.2) is 11.6 Å². The third-order valence-corrected chi connectivity index (χ3v) is 4.56. The molecule has 3 amide bonds. The van der Waals surface area contributed by atoms with Crippen molar-refractivity contribution in [2.75, 3.05) is 29.9 Å². The van der Waals surface area contributed by atoms with Gasteiger partial charge in [-0.3, -0.25) is 14.9 Å². The van der Waals surface area contributed by atoms with E-state index >= 15 is 0 Å². The zero-order chi connectivity index (χ0) is 23.1. The predicted octanol–water partition coefficient (Wildman–Crippen LogP) is 3.36. The Morgan fingerprint density at radius 1 is 1.16 bits per heavy atom. The average molecular weight is 441 g/mol. The second-order valence-electron chi connectivity index (χ2n) is 8.28. The number of pyridine rings is 1. The molecule has 0 fully saturated rings. The van der Waals surface area contributed by atoms with Crippen LogP contribution in [0.15, 0.2) is 42.6 Å². The highest BCUT2D eigenvalue weighted by atomic mass is 16.6. The first kappa shape index (κ1) is 23.1. The van der Waals surface area contributed by atoms with Crippen LogP contribution in [0.1, 0.15) is 44.0 Å². The van der Waals surface area contributed by atoms with Gasteiger partial charge in [0.1, 0.15) is 5.60 Å². The van der Waals surface area contributed by atoms with Crippen LogP contribution < -0.4 is 20.3 Å². The molecule has 32 heavy (non-hydrogen) atoms. The van der Waals surface area contributed by atoms with E-state index in [1.54, 1.807) is 62.2 Å². The summed E-state index contributed by atoms with van der Waals surface area (Å²) >= 11 is 0. The van der Waals surface area contributed by atoms with Crippen molar-refractivity contribution in [1.82, 2.24) is 10.3 Å². The number of nitrogens with zero attached hydrogens (tertiary/aromatic N) is 2. The first-order chi connectivity index (χ1) is 15.2. The van der Waals surface area contributed by atoms with E-state index in [9.17, 15) is 14.4 Å². The largest absolute Gasteiger partial charge is 0.490 e. The Morgan fingerprint density at radius 3 is 2.72 bits per heavy atom. The van der Waals surface area contributed by atoms with Crippen LogP contribution in [-0.4, -0.2) is 48.2 Å². The summed E-state index contributed by atoms with van der Waals surface area (Å²) in [5, 5.41) is 5.23. The van der Waals surface area contributed by atoms with Gasteiger partial charge in [0, 0.05) is 12.7 Å². The number of anilines is 2. The molecule has 1 aromatic heterocycles. The molecule has 0 unspecified atom stereocenters. The molecule has 1 aliphatic heterocycles. The van der Waals surface area contributed by atoms with Gasteiger partial charge >= 0.3 is 6.09 Å². The van der Waals surface area contributed by atoms with Crippen molar-refractivity contribution in [3.63, 3.8) is 0 Å². The van der Waals surface area contributed by atoms with Crippen LogP contribution in [0.4, 0.5) is 16.3 Å². The van der Waals surface area contributed by atoms with Gasteiger partial charge in [0.2, 0.25) is 5.91 Å². The highest BCUT2D eigenvalue weighted by Crippen LogP contribution is 2.24. The topological polar surface area (TPSA) is 110 Å². The molecule has 3 rings (SSSR count). The quantitative estimate of drug-likeness (QED) is 0.639. The van der Waals surface area contributed by atoms with E-state index in [4.69, 9.17) is 9.47 Å². The van der Waals surface area contributed by atoms with Gasteiger partial charge in [-0.25, -0.2) is 9.78 Å². The van der Waals surface area contributed by atoms with Gasteiger partial charge in [-0.05, 0) is 57.9 Å². The molecule has 0 aliphatic carbocycles. The van der Waals surface area contributed by atoms with Crippen molar-refractivity contribution in [1.29, 1.82) is 0 Å². The molecular formula is C23H28N4O5. The van der Waals surface area contributed by atoms with Crippen molar-refractivity contribution < 1.29 is 23.9 Å². The average Bonchev–Trinajstić information content (AvgIpc) is 2.85. The zero-order valence-corrected chi connectivity index (χ0v) is 18.5. The Morgan fingerprint density at radius 2 is 1.94 bits per heavy atom. The van der Waals surface area contributed by atoms with Gasteiger partial charge in [-0.15, -0.1) is 0 Å². The van der Waals surface area contributed by atoms with Gasteiger partial charge in [0.25, 0.3) is 5.91 Å². The van der Waals surface area contributed by atoms with Crippen molar-refractivity contribution >= 4 is 29.4 Å². The first-order valence-electron chi connectivity index (χ1n) is 10.5. The van der Waals surface area contributed by atoms with E-state index in [2.05, 4.69) is 15.6 Å². The SMILES string of the molecule is CC(C)(C)OC(=O)Nc1ncccc1OCCCCN1C(=O)CNC(=O)c2ccccc21. The normalized spacial score (nSPS) is 13.7. The van der Waals surface area contributed by atoms with Crippen molar-refractivity contribution in [2.24, 2.45) is 0 Å². The molecule has 2 aromatic rings. The van der Waals surface area contributed by atoms with Crippen LogP contribution in [0.5, 0.6) is 5.75 Å². The number of ether oxygens (including phenoxy) is 2. The maximum atomic E-state index is 12.5. The number of unbranched alkanes of at least 4 members (excludes halogenated alkanes) is 1. The van der Waals surface area contributed by atoms with Crippen LogP contribution in [0.3, 0.4) is 0 Å². The fourth-order valence-electron chi connectivity index (χ4n) is 3.18. The van der Waals surface area contributed by atoms with Gasteiger partial charge in [-0.2, -0.15) is 0 Å². The highest BCUT2D eigenvalue weighted by Gasteiger charge is 2.25. The lowest BCUT2D eigenvalue weighted by Gasteiger charge is -2.22. The number of hydrogen-bond donors (Lipinski definition) is 2. The highest BCUT2D eigenvalue weighted by molar-refractivity contribution is 6.09. The zero-order valence-electron chi connectivity index (χ0n) is 18.5. The second-order valence-corrected chi connectivity index (χ2v) is 8.28. The Bertz CT molecular complexity index is 986. The van der Waals surface area contributed by atoms with E-state index in [0.29, 0.717) is 43.0 Å². The molecule has 170 valence electrons. The van der Waals surface area contributed by atoms with Gasteiger partial charge in [0.05, 0.1) is 24.4 Å². The number of rotatable bonds is 7. The molecular weight excluding hydrogens is 412 g/mol. The number of para-hydroxylation sites is 1. The number of carbonyl (C=O) groups is 3. The molecule has 0 spiro atoms. The van der Waals surface area contributed by atoms with E-state index in [1.165, 1.54) is 0 Å². The molecule has 1 aliphatic rings. The van der Waals surface area contributed by atoms with E-state index in [-0.39, 0.29) is 24.2 Å². The van der Waals surface area contributed by atoms with E-state index in [1.807, 2.05) is 6.07 Å². The summed E-state index contributed by atoms with van der Waals surface area (Å²) in [6.07, 6.45) is 2.27. The summed E-state index contributed by atoms with van der Waals surface area (Å²) in [7, 11) is 0. The molecule has 0 bridgehead atoms. The number of fused-ring (bicyclic) bond motifs is 1. The summed E-state index contributed by atoms with van der Waals surface area (Å²) in [6, 6.07) is 10.5. The lowest BCUT2D eigenvalue weighted by molar-refractivity contribution is -0.117. The maximum absolute atomic E-state index is 12.5. The van der Waals surface area contributed by atoms with Crippen LogP contribution in [0.25, 0.3) is 0 Å². The predicted molar refractivity (Wildman–Crippen MR) is 120 cm³/mol. The number of amides is 3. The maximum Gasteiger partial charge on any atom is 0.413 e. The Balaban J connectivity index is 1.53. The Labute approximate surface area is 187 Å². The van der Waals surface area contributed by atoms with E-state index < -0.39 is 11.7 Å². The smallest absolute Gasteiger partial charge is 0.413 e. The molecule has 2 heterocycles. The first-order valence-corrected chi connectivity index (χ1v) is 10.5. The molecule has 0 radical (unpaired) electrons. The van der Waals surface area contributed by atoms with Crippen molar-refractivity contribution in [3.8, 4) is 5.75 Å². The fraction of sp³-hybridized carbons (Fsp3) is 0.391. The number of nitrogens with one attached hydrogen (secondary N) is 2. The minimum absolute atomic E-state index is 0.0284. The number of aromatic nitrogens is 1. The third-order valence-electron chi connectivity index (χ3n) is 4.56. The Hall–Kier alpha value is -3.62. The Kier molecular flexibility index (Phi) is 7.29. The number of hydrogen-bond acceptors (Lipinski definition) is 6. The number of benzene rings is 1. The standard InChI is InChI=1S/C23H28N4O5/c1-23(2,3)32-22(30)26-20-18(11-8-12-24-20)31-14-7-6-13-27-17-10-5-4-9-16(17)21(29)25-15-19(27)28/h4-5,8-12H,6-7,13-15H2,1-3H3,(H,25,29)(H,24,26,30). The molecule has 0 saturated heterocycles. The summed E-state index contributed by atoms with van der Waals surface area (Å²) in [5.41, 5.74) is 0.482. The lowest BCUT2D eigenvalue weighted by atomic mass is 10.1. The molecule has 2 N–H and O–H groups in total.